The molecule has 1 aromatic heterocycles. The van der Waals surface area contributed by atoms with E-state index in [4.69, 9.17) is 0 Å². The SMILES string of the molecule is CCc1ncc(CNCC2(SC)CCCC2)s1. The fourth-order valence-corrected chi connectivity index (χ4v) is 4.25. The second-order valence-corrected chi connectivity index (χ2v) is 7.25. The molecule has 1 aromatic rings. The molecule has 0 saturated heterocycles. The summed E-state index contributed by atoms with van der Waals surface area (Å²) in [5.74, 6) is 0. The van der Waals surface area contributed by atoms with Crippen LogP contribution in [0, 0.1) is 0 Å². The van der Waals surface area contributed by atoms with E-state index in [2.05, 4.69) is 23.5 Å². The Labute approximate surface area is 113 Å². The minimum Gasteiger partial charge on any atom is -0.310 e. The van der Waals surface area contributed by atoms with Gasteiger partial charge in [0.2, 0.25) is 0 Å². The van der Waals surface area contributed by atoms with E-state index in [0.717, 1.165) is 19.5 Å². The van der Waals surface area contributed by atoms with Crippen molar-refractivity contribution >= 4 is 23.1 Å². The molecule has 1 fully saturated rings. The zero-order valence-electron chi connectivity index (χ0n) is 10.8. The third-order valence-corrected chi connectivity index (χ3v) is 6.16. The Morgan fingerprint density at radius 3 is 2.82 bits per heavy atom. The molecule has 0 unspecified atom stereocenters. The Kier molecular flexibility index (Phi) is 4.88. The lowest BCUT2D eigenvalue weighted by molar-refractivity contribution is 0.535. The monoisotopic (exact) mass is 270 g/mol. The smallest absolute Gasteiger partial charge is 0.0925 e. The van der Waals surface area contributed by atoms with E-state index in [1.807, 2.05) is 29.3 Å². The van der Waals surface area contributed by atoms with Gasteiger partial charge in [0.15, 0.2) is 0 Å². The van der Waals surface area contributed by atoms with Gasteiger partial charge in [-0.25, -0.2) is 4.98 Å². The number of hydrogen-bond acceptors (Lipinski definition) is 4. The van der Waals surface area contributed by atoms with E-state index in [1.165, 1.54) is 35.6 Å². The number of thioether (sulfide) groups is 1. The average molecular weight is 270 g/mol. The van der Waals surface area contributed by atoms with Crippen LogP contribution in [0.2, 0.25) is 0 Å². The molecule has 96 valence electrons. The predicted molar refractivity (Wildman–Crippen MR) is 77.9 cm³/mol. The van der Waals surface area contributed by atoms with Gasteiger partial charge in [-0.05, 0) is 25.5 Å². The van der Waals surface area contributed by atoms with Gasteiger partial charge in [-0.2, -0.15) is 11.8 Å². The highest BCUT2D eigenvalue weighted by molar-refractivity contribution is 8.00. The van der Waals surface area contributed by atoms with Gasteiger partial charge in [0, 0.05) is 28.9 Å². The Hall–Kier alpha value is -0.0600. The Morgan fingerprint density at radius 1 is 1.47 bits per heavy atom. The largest absolute Gasteiger partial charge is 0.310 e. The first kappa shape index (κ1) is 13.4. The maximum atomic E-state index is 4.40. The molecule has 17 heavy (non-hydrogen) atoms. The Morgan fingerprint density at radius 2 is 2.24 bits per heavy atom. The highest BCUT2D eigenvalue weighted by Crippen LogP contribution is 2.39. The van der Waals surface area contributed by atoms with Gasteiger partial charge in [0.05, 0.1) is 5.01 Å². The van der Waals surface area contributed by atoms with Crippen LogP contribution < -0.4 is 5.32 Å². The van der Waals surface area contributed by atoms with Crippen molar-refractivity contribution in [3.05, 3.63) is 16.1 Å². The van der Waals surface area contributed by atoms with Crippen molar-refractivity contribution < 1.29 is 0 Å². The summed E-state index contributed by atoms with van der Waals surface area (Å²) in [6.07, 6.45) is 10.9. The van der Waals surface area contributed by atoms with Gasteiger partial charge in [0.25, 0.3) is 0 Å². The van der Waals surface area contributed by atoms with Crippen molar-refractivity contribution in [2.75, 3.05) is 12.8 Å². The number of aromatic nitrogens is 1. The lowest BCUT2D eigenvalue weighted by Crippen LogP contribution is -2.34. The van der Waals surface area contributed by atoms with Crippen LogP contribution >= 0.6 is 23.1 Å². The quantitative estimate of drug-likeness (QED) is 0.857. The van der Waals surface area contributed by atoms with Crippen molar-refractivity contribution in [2.24, 2.45) is 0 Å². The van der Waals surface area contributed by atoms with Gasteiger partial charge in [0.1, 0.15) is 0 Å². The number of rotatable bonds is 6. The summed E-state index contributed by atoms with van der Waals surface area (Å²) in [5, 5.41) is 4.87. The molecule has 0 radical (unpaired) electrons. The first-order valence-corrected chi connectivity index (χ1v) is 8.51. The van der Waals surface area contributed by atoms with Crippen molar-refractivity contribution in [3.63, 3.8) is 0 Å². The maximum Gasteiger partial charge on any atom is 0.0925 e. The summed E-state index contributed by atoms with van der Waals surface area (Å²) in [7, 11) is 0. The zero-order chi connectivity index (χ0) is 12.1. The summed E-state index contributed by atoms with van der Waals surface area (Å²) < 4.78 is 0.512. The first-order chi connectivity index (χ1) is 8.28. The van der Waals surface area contributed by atoms with E-state index in [-0.39, 0.29) is 0 Å². The van der Waals surface area contributed by atoms with Crippen LogP contribution in [0.15, 0.2) is 6.20 Å². The summed E-state index contributed by atoms with van der Waals surface area (Å²) >= 11 is 3.89. The molecule has 4 heteroatoms. The molecule has 1 aliphatic rings. The van der Waals surface area contributed by atoms with Crippen LogP contribution in [-0.4, -0.2) is 22.5 Å². The predicted octanol–water partition coefficient (Wildman–Crippen LogP) is 3.47. The lowest BCUT2D eigenvalue weighted by Gasteiger charge is -2.26. The van der Waals surface area contributed by atoms with Gasteiger partial charge < -0.3 is 5.32 Å². The lowest BCUT2D eigenvalue weighted by atomic mass is 10.1. The molecule has 2 rings (SSSR count). The fraction of sp³-hybridized carbons (Fsp3) is 0.769. The number of hydrogen-bond donors (Lipinski definition) is 1. The van der Waals surface area contributed by atoms with Gasteiger partial charge in [-0.3, -0.25) is 0 Å². The van der Waals surface area contributed by atoms with Crippen LogP contribution in [0.25, 0.3) is 0 Å². The third-order valence-electron chi connectivity index (χ3n) is 3.60. The molecule has 0 spiro atoms. The van der Waals surface area contributed by atoms with Crippen molar-refractivity contribution in [1.82, 2.24) is 10.3 Å². The van der Waals surface area contributed by atoms with Crippen molar-refractivity contribution in [3.8, 4) is 0 Å². The summed E-state index contributed by atoms with van der Waals surface area (Å²) in [6.45, 7) is 4.30. The maximum absolute atomic E-state index is 4.40. The van der Waals surface area contributed by atoms with Crippen LogP contribution in [0.3, 0.4) is 0 Å². The first-order valence-electron chi connectivity index (χ1n) is 6.47. The highest BCUT2D eigenvalue weighted by Gasteiger charge is 2.32. The van der Waals surface area contributed by atoms with E-state index in [0.29, 0.717) is 4.75 Å². The molecule has 0 atom stereocenters. The zero-order valence-corrected chi connectivity index (χ0v) is 12.4. The van der Waals surface area contributed by atoms with Gasteiger partial charge in [-0.1, -0.05) is 19.8 Å². The molecule has 0 aromatic carbocycles. The van der Waals surface area contributed by atoms with Gasteiger partial charge >= 0.3 is 0 Å². The molecule has 0 bridgehead atoms. The van der Waals surface area contributed by atoms with Gasteiger partial charge in [-0.15, -0.1) is 11.3 Å². The summed E-state index contributed by atoms with van der Waals surface area (Å²) in [4.78, 5) is 5.77. The van der Waals surface area contributed by atoms with E-state index in [1.54, 1.807) is 0 Å². The van der Waals surface area contributed by atoms with Crippen LogP contribution in [0.5, 0.6) is 0 Å². The van der Waals surface area contributed by atoms with Crippen LogP contribution in [-0.2, 0) is 13.0 Å². The summed E-state index contributed by atoms with van der Waals surface area (Å²) in [6, 6.07) is 0. The molecular weight excluding hydrogens is 248 g/mol. The van der Waals surface area contributed by atoms with Crippen LogP contribution in [0.1, 0.15) is 42.5 Å². The normalized spacial score (nSPS) is 18.7. The summed E-state index contributed by atoms with van der Waals surface area (Å²) in [5.41, 5.74) is 0. The number of nitrogens with zero attached hydrogens (tertiary/aromatic N) is 1. The topological polar surface area (TPSA) is 24.9 Å². The van der Waals surface area contributed by atoms with E-state index >= 15 is 0 Å². The fourth-order valence-electron chi connectivity index (χ4n) is 2.48. The molecule has 0 amide bonds. The minimum absolute atomic E-state index is 0.512. The molecule has 1 N–H and O–H groups in total. The second-order valence-electron chi connectivity index (χ2n) is 4.77. The van der Waals surface area contributed by atoms with Crippen molar-refractivity contribution in [2.45, 2.75) is 50.3 Å². The minimum atomic E-state index is 0.512. The Bertz CT molecular complexity index is 343. The highest BCUT2D eigenvalue weighted by atomic mass is 32.2. The number of nitrogens with one attached hydrogen (secondary N) is 1. The second kappa shape index (κ2) is 6.21. The Balaban J connectivity index is 1.78. The molecule has 1 aliphatic carbocycles. The van der Waals surface area contributed by atoms with E-state index in [9.17, 15) is 0 Å². The third kappa shape index (κ3) is 3.46. The average Bonchev–Trinajstić information content (AvgIpc) is 2.98. The van der Waals surface area contributed by atoms with Crippen LogP contribution in [0.4, 0.5) is 0 Å². The molecule has 1 heterocycles. The molecule has 0 aliphatic heterocycles. The van der Waals surface area contributed by atoms with E-state index < -0.39 is 0 Å². The molecule has 2 nitrogen and oxygen atoms in total. The number of aryl methyl sites for hydroxylation is 1. The molecule has 1 saturated carbocycles. The molecular formula is C13H22N2S2. The van der Waals surface area contributed by atoms with Crippen molar-refractivity contribution in [1.29, 1.82) is 0 Å². The standard InChI is InChI=1S/C13H22N2S2/c1-3-12-15-9-11(17-12)8-14-10-13(16-2)6-4-5-7-13/h9,14H,3-8,10H2,1-2H3. The number of thiazole rings is 1.